The van der Waals surface area contributed by atoms with E-state index in [0.717, 1.165) is 5.56 Å². The van der Waals surface area contributed by atoms with Crippen LogP contribution >= 0.6 is 0 Å². The second-order valence-electron chi connectivity index (χ2n) is 6.85. The summed E-state index contributed by atoms with van der Waals surface area (Å²) in [6.45, 7) is 1.97. The van der Waals surface area contributed by atoms with Gasteiger partial charge in [-0.1, -0.05) is 54.5 Å². The molecule has 31 heavy (non-hydrogen) atoms. The first-order valence-corrected chi connectivity index (χ1v) is 11.1. The number of aromatic nitrogens is 2. The molecule has 4 aromatic rings. The van der Waals surface area contributed by atoms with Crippen LogP contribution in [0.5, 0.6) is 0 Å². The van der Waals surface area contributed by atoms with E-state index in [1.54, 1.807) is 18.2 Å². The third-order valence-corrected chi connectivity index (χ3v) is 6.16. The van der Waals surface area contributed by atoms with Gasteiger partial charge < -0.3 is 9.84 Å². The molecule has 0 saturated heterocycles. The molecule has 2 N–H and O–H groups in total. The highest BCUT2D eigenvalue weighted by Gasteiger charge is 2.24. The summed E-state index contributed by atoms with van der Waals surface area (Å²) >= 11 is 0. The Morgan fingerprint density at radius 2 is 1.81 bits per heavy atom. The number of benzene rings is 2. The van der Waals surface area contributed by atoms with Crippen LogP contribution in [0, 0.1) is 0 Å². The average molecular weight is 436 g/mol. The zero-order valence-electron chi connectivity index (χ0n) is 16.6. The first-order valence-electron chi connectivity index (χ1n) is 9.66. The van der Waals surface area contributed by atoms with Crippen molar-refractivity contribution >= 4 is 32.6 Å². The molecule has 2 aromatic carbocycles. The highest BCUT2D eigenvalue weighted by molar-refractivity contribution is 7.92. The fraction of sp³-hybridized carbons (Fsp3) is 0.136. The van der Waals surface area contributed by atoms with E-state index in [2.05, 4.69) is 20.2 Å². The number of sulfonamides is 1. The fourth-order valence-electron chi connectivity index (χ4n) is 3.29. The Bertz CT molecular complexity index is 1320. The molecule has 158 valence electrons. The van der Waals surface area contributed by atoms with Gasteiger partial charge in [0.1, 0.15) is 0 Å². The van der Waals surface area contributed by atoms with Crippen molar-refractivity contribution in [1.82, 2.24) is 15.5 Å². The number of fused-ring (bicyclic) bond motifs is 1. The minimum Gasteiger partial charge on any atom is -0.356 e. The monoisotopic (exact) mass is 436 g/mol. The number of nitrogens with one attached hydrogen (secondary N) is 2. The molecule has 1 amide bonds. The van der Waals surface area contributed by atoms with Gasteiger partial charge in [-0.05, 0) is 24.1 Å². The molecule has 1 unspecified atom stereocenters. The highest BCUT2D eigenvalue weighted by atomic mass is 32.2. The van der Waals surface area contributed by atoms with Crippen LogP contribution in [0.1, 0.15) is 35.3 Å². The molecule has 2 aromatic heterocycles. The largest absolute Gasteiger partial charge is 0.356 e. The van der Waals surface area contributed by atoms with E-state index in [-0.39, 0.29) is 33.6 Å². The number of carbonyl (C=O) groups is 1. The van der Waals surface area contributed by atoms with Gasteiger partial charge in [-0.3, -0.25) is 9.52 Å². The minimum atomic E-state index is -4.09. The van der Waals surface area contributed by atoms with Gasteiger partial charge >= 0.3 is 0 Å². The van der Waals surface area contributed by atoms with Crippen LogP contribution in [0.15, 0.2) is 82.6 Å². The molecule has 4 rings (SSSR count). The SMILES string of the molecule is CCC(NC(=O)c1ccccc1NS(=O)(=O)c1nccc2oncc12)c1ccccc1. The molecule has 0 saturated carbocycles. The van der Waals surface area contributed by atoms with Gasteiger partial charge in [-0.2, -0.15) is 8.42 Å². The van der Waals surface area contributed by atoms with Crippen molar-refractivity contribution in [3.05, 3.63) is 84.2 Å². The molecule has 0 bridgehead atoms. The third kappa shape index (κ3) is 4.26. The van der Waals surface area contributed by atoms with E-state index in [1.165, 1.54) is 24.5 Å². The number of hydrogen-bond donors (Lipinski definition) is 2. The zero-order chi connectivity index (χ0) is 21.8. The van der Waals surface area contributed by atoms with Crippen molar-refractivity contribution in [3.63, 3.8) is 0 Å². The average Bonchev–Trinajstić information content (AvgIpc) is 3.27. The van der Waals surface area contributed by atoms with Gasteiger partial charge in [0.15, 0.2) is 10.6 Å². The van der Waals surface area contributed by atoms with Crippen LogP contribution in [0.4, 0.5) is 5.69 Å². The van der Waals surface area contributed by atoms with Crippen LogP contribution < -0.4 is 10.0 Å². The van der Waals surface area contributed by atoms with Gasteiger partial charge in [-0.25, -0.2) is 4.98 Å². The Morgan fingerprint density at radius 3 is 2.58 bits per heavy atom. The maximum absolute atomic E-state index is 13.0. The standard InChI is InChI=1S/C22H20N4O4S/c1-2-18(15-8-4-3-5-9-15)25-21(27)16-10-6-7-11-19(16)26-31(28,29)22-17-14-24-30-20(17)12-13-23-22/h3-14,18,26H,2H2,1H3,(H,25,27). The summed E-state index contributed by atoms with van der Waals surface area (Å²) < 4.78 is 33.5. The van der Waals surface area contributed by atoms with E-state index in [1.807, 2.05) is 37.3 Å². The van der Waals surface area contributed by atoms with Gasteiger partial charge in [-0.15, -0.1) is 0 Å². The number of pyridine rings is 1. The van der Waals surface area contributed by atoms with Crippen molar-refractivity contribution in [2.75, 3.05) is 4.72 Å². The normalized spacial score (nSPS) is 12.4. The van der Waals surface area contributed by atoms with E-state index in [9.17, 15) is 13.2 Å². The van der Waals surface area contributed by atoms with Crippen molar-refractivity contribution in [3.8, 4) is 0 Å². The van der Waals surface area contributed by atoms with Gasteiger partial charge in [0, 0.05) is 12.3 Å². The van der Waals surface area contributed by atoms with E-state index in [4.69, 9.17) is 4.52 Å². The smallest absolute Gasteiger partial charge is 0.280 e. The minimum absolute atomic E-state index is 0.151. The van der Waals surface area contributed by atoms with Crippen LogP contribution in [0.3, 0.4) is 0 Å². The molecular weight excluding hydrogens is 416 g/mol. The number of nitrogens with zero attached hydrogens (tertiary/aromatic N) is 2. The molecule has 2 heterocycles. The van der Waals surface area contributed by atoms with Crippen LogP contribution in [-0.2, 0) is 10.0 Å². The molecule has 0 radical (unpaired) electrons. The fourth-order valence-corrected chi connectivity index (χ4v) is 4.50. The van der Waals surface area contributed by atoms with E-state index in [0.29, 0.717) is 12.0 Å². The zero-order valence-corrected chi connectivity index (χ0v) is 17.5. The lowest BCUT2D eigenvalue weighted by Gasteiger charge is -2.19. The summed E-state index contributed by atoms with van der Waals surface area (Å²) in [6, 6.07) is 17.3. The Labute approximate surface area is 179 Å². The number of hydrogen-bond acceptors (Lipinski definition) is 6. The maximum Gasteiger partial charge on any atom is 0.280 e. The maximum atomic E-state index is 13.0. The molecule has 0 aliphatic carbocycles. The lowest BCUT2D eigenvalue weighted by atomic mass is 10.0. The first kappa shape index (κ1) is 20.5. The predicted molar refractivity (Wildman–Crippen MR) is 116 cm³/mol. The number of para-hydroxylation sites is 1. The molecule has 0 aliphatic rings. The molecule has 1 atom stereocenters. The number of rotatable bonds is 7. The second-order valence-corrected chi connectivity index (χ2v) is 8.45. The second kappa shape index (κ2) is 8.57. The Morgan fingerprint density at radius 1 is 1.06 bits per heavy atom. The van der Waals surface area contributed by atoms with E-state index < -0.39 is 10.0 Å². The molecule has 0 aliphatic heterocycles. The predicted octanol–water partition coefficient (Wildman–Crippen LogP) is 3.90. The first-order chi connectivity index (χ1) is 15.0. The molecule has 9 heteroatoms. The topological polar surface area (TPSA) is 114 Å². The summed E-state index contributed by atoms with van der Waals surface area (Å²) in [5.41, 5.74) is 1.63. The summed E-state index contributed by atoms with van der Waals surface area (Å²) in [5, 5.41) is 6.64. The molecule has 0 spiro atoms. The third-order valence-electron chi connectivity index (χ3n) is 4.83. The Balaban J connectivity index is 1.63. The van der Waals surface area contributed by atoms with Crippen molar-refractivity contribution in [2.24, 2.45) is 0 Å². The van der Waals surface area contributed by atoms with E-state index >= 15 is 0 Å². The van der Waals surface area contributed by atoms with Crippen LogP contribution in [0.25, 0.3) is 11.0 Å². The molecule has 8 nitrogen and oxygen atoms in total. The number of anilines is 1. The number of carbonyl (C=O) groups excluding carboxylic acids is 1. The van der Waals surface area contributed by atoms with Crippen molar-refractivity contribution in [1.29, 1.82) is 0 Å². The lowest BCUT2D eigenvalue weighted by molar-refractivity contribution is 0.0936. The van der Waals surface area contributed by atoms with Crippen molar-refractivity contribution < 1.29 is 17.7 Å². The summed E-state index contributed by atoms with van der Waals surface area (Å²) in [7, 11) is -4.09. The Hall–Kier alpha value is -3.72. The quantitative estimate of drug-likeness (QED) is 0.454. The highest BCUT2D eigenvalue weighted by Crippen LogP contribution is 2.25. The van der Waals surface area contributed by atoms with Crippen LogP contribution in [-0.4, -0.2) is 24.5 Å². The van der Waals surface area contributed by atoms with Gasteiger partial charge in [0.2, 0.25) is 0 Å². The van der Waals surface area contributed by atoms with Gasteiger partial charge in [0.25, 0.3) is 15.9 Å². The van der Waals surface area contributed by atoms with Crippen molar-refractivity contribution in [2.45, 2.75) is 24.4 Å². The summed E-state index contributed by atoms with van der Waals surface area (Å²) in [6.07, 6.45) is 3.30. The summed E-state index contributed by atoms with van der Waals surface area (Å²) in [5.74, 6) is -0.384. The summed E-state index contributed by atoms with van der Waals surface area (Å²) in [4.78, 5) is 17.0. The van der Waals surface area contributed by atoms with Gasteiger partial charge in [0.05, 0.1) is 28.9 Å². The van der Waals surface area contributed by atoms with Crippen LogP contribution in [0.2, 0.25) is 0 Å². The number of amides is 1. The molecular formula is C22H20N4O4S. The lowest BCUT2D eigenvalue weighted by Crippen LogP contribution is -2.29. The Kier molecular flexibility index (Phi) is 5.68. The molecule has 0 fully saturated rings.